The molecule has 0 aliphatic rings. The molecule has 3 heterocycles. The topological polar surface area (TPSA) is 90.6 Å². The SMILES string of the molecule is COC(=O)c1cc2c(=O)n3ccccc3nc2[n+](Cc2ccc(F)cc2)c1N. The van der Waals surface area contributed by atoms with Gasteiger partial charge in [-0.2, -0.15) is 0 Å². The number of aromatic nitrogens is 3. The average Bonchev–Trinajstić information content (AvgIpc) is 2.71. The highest BCUT2D eigenvalue weighted by Crippen LogP contribution is 2.16. The highest BCUT2D eigenvalue weighted by atomic mass is 19.1. The number of pyridine rings is 2. The molecule has 0 unspecified atom stereocenters. The number of rotatable bonds is 3. The first kappa shape index (κ1) is 17.6. The quantitative estimate of drug-likeness (QED) is 0.332. The van der Waals surface area contributed by atoms with Crippen LogP contribution in [0.4, 0.5) is 10.2 Å². The maximum Gasteiger partial charge on any atom is 0.344 e. The summed E-state index contributed by atoms with van der Waals surface area (Å²) in [4.78, 5) is 29.7. The lowest BCUT2D eigenvalue weighted by atomic mass is 10.1. The van der Waals surface area contributed by atoms with Crippen LogP contribution >= 0.6 is 0 Å². The van der Waals surface area contributed by atoms with Gasteiger partial charge in [0.2, 0.25) is 11.5 Å². The molecule has 4 rings (SSSR count). The summed E-state index contributed by atoms with van der Waals surface area (Å²) in [5.41, 5.74) is 7.46. The summed E-state index contributed by atoms with van der Waals surface area (Å²) in [7, 11) is 1.24. The summed E-state index contributed by atoms with van der Waals surface area (Å²) >= 11 is 0. The van der Waals surface area contributed by atoms with E-state index in [1.807, 2.05) is 0 Å². The minimum Gasteiger partial charge on any atom is -0.465 e. The summed E-state index contributed by atoms with van der Waals surface area (Å²) in [5.74, 6) is -0.919. The van der Waals surface area contributed by atoms with Crippen LogP contribution < -0.4 is 15.9 Å². The second-order valence-electron chi connectivity index (χ2n) is 6.23. The molecule has 1 aromatic carbocycles. The highest BCUT2D eigenvalue weighted by molar-refractivity contribution is 5.96. The normalized spacial score (nSPS) is 11.1. The zero-order valence-corrected chi connectivity index (χ0v) is 14.9. The van der Waals surface area contributed by atoms with Crippen LogP contribution in [0.25, 0.3) is 16.7 Å². The van der Waals surface area contributed by atoms with Crippen molar-refractivity contribution >= 4 is 28.5 Å². The molecule has 0 aliphatic heterocycles. The van der Waals surface area contributed by atoms with Gasteiger partial charge < -0.3 is 10.5 Å². The van der Waals surface area contributed by atoms with Crippen molar-refractivity contribution in [2.24, 2.45) is 0 Å². The standard InChI is InChI=1S/C20H15FN4O3/c1-28-20(27)14-10-15-18(23-16-4-2-3-9-24(16)19(15)26)25(17(14)22)11-12-5-7-13(21)8-6-12/h2-10,22H,11H2,1H3/p+1. The zero-order valence-electron chi connectivity index (χ0n) is 14.9. The Balaban J connectivity index is 2.06. The lowest BCUT2D eigenvalue weighted by Gasteiger charge is -2.11. The molecular weight excluding hydrogens is 363 g/mol. The van der Waals surface area contributed by atoms with Crippen molar-refractivity contribution in [3.63, 3.8) is 0 Å². The number of nitrogens with two attached hydrogens (primary N) is 1. The van der Waals surface area contributed by atoms with Gasteiger partial charge in [-0.05, 0) is 35.9 Å². The van der Waals surface area contributed by atoms with Crippen molar-refractivity contribution < 1.29 is 18.5 Å². The number of benzene rings is 1. The van der Waals surface area contributed by atoms with Crippen LogP contribution in [0.3, 0.4) is 0 Å². The van der Waals surface area contributed by atoms with E-state index in [2.05, 4.69) is 4.98 Å². The number of esters is 1. The van der Waals surface area contributed by atoms with Gasteiger partial charge in [0.15, 0.2) is 0 Å². The van der Waals surface area contributed by atoms with Gasteiger partial charge in [-0.15, -0.1) is 0 Å². The first-order chi connectivity index (χ1) is 13.5. The van der Waals surface area contributed by atoms with Gasteiger partial charge in [0.25, 0.3) is 11.2 Å². The number of fused-ring (bicyclic) bond motifs is 2. The van der Waals surface area contributed by atoms with E-state index in [-0.39, 0.29) is 34.7 Å². The number of hydrogen-bond donors (Lipinski definition) is 1. The summed E-state index contributed by atoms with van der Waals surface area (Å²) in [6.07, 6.45) is 1.60. The van der Waals surface area contributed by atoms with Gasteiger partial charge in [0.1, 0.15) is 16.8 Å². The molecule has 3 aromatic heterocycles. The van der Waals surface area contributed by atoms with E-state index >= 15 is 0 Å². The third-order valence-corrected chi connectivity index (χ3v) is 4.52. The number of hydrogen-bond acceptors (Lipinski definition) is 5. The molecule has 8 heteroatoms. The van der Waals surface area contributed by atoms with E-state index in [4.69, 9.17) is 10.5 Å². The first-order valence-corrected chi connectivity index (χ1v) is 8.46. The summed E-state index contributed by atoms with van der Waals surface area (Å²) in [6.45, 7) is 0.197. The molecule has 0 saturated heterocycles. The van der Waals surface area contributed by atoms with E-state index in [9.17, 15) is 14.0 Å². The molecule has 0 radical (unpaired) electrons. The van der Waals surface area contributed by atoms with Gasteiger partial charge in [0.05, 0.1) is 13.7 Å². The van der Waals surface area contributed by atoms with Gasteiger partial charge in [-0.1, -0.05) is 23.2 Å². The molecule has 0 amide bonds. The number of ether oxygens (including phenoxy) is 1. The number of carbonyl (C=O) groups excluding carboxylic acids is 1. The van der Waals surface area contributed by atoms with E-state index in [0.717, 1.165) is 5.56 Å². The van der Waals surface area contributed by atoms with Crippen molar-refractivity contribution in [2.45, 2.75) is 6.54 Å². The van der Waals surface area contributed by atoms with Crippen LogP contribution in [0.1, 0.15) is 15.9 Å². The Bertz CT molecular complexity index is 1280. The molecule has 0 spiro atoms. The number of nitrogen functional groups attached to an aromatic ring is 1. The minimum atomic E-state index is -0.662. The molecule has 0 aliphatic carbocycles. The molecule has 140 valence electrons. The molecule has 0 bridgehead atoms. The molecule has 0 saturated carbocycles. The number of methoxy groups -OCH3 is 1. The second kappa shape index (κ2) is 6.73. The Morgan fingerprint density at radius 3 is 2.71 bits per heavy atom. The van der Waals surface area contributed by atoms with E-state index in [1.165, 1.54) is 29.7 Å². The third-order valence-electron chi connectivity index (χ3n) is 4.52. The maximum atomic E-state index is 13.3. The number of nitrogens with zero attached hydrogens (tertiary/aromatic N) is 3. The van der Waals surface area contributed by atoms with Crippen LogP contribution in [-0.2, 0) is 11.3 Å². The van der Waals surface area contributed by atoms with Crippen molar-refractivity contribution in [1.29, 1.82) is 0 Å². The number of anilines is 1. The Kier molecular flexibility index (Phi) is 4.23. The van der Waals surface area contributed by atoms with Crippen molar-refractivity contribution in [3.05, 3.63) is 82.0 Å². The largest absolute Gasteiger partial charge is 0.465 e. The maximum absolute atomic E-state index is 13.3. The Hall–Kier alpha value is -3.81. The fourth-order valence-electron chi connectivity index (χ4n) is 3.11. The van der Waals surface area contributed by atoms with Crippen molar-refractivity contribution in [3.8, 4) is 0 Å². The second-order valence-corrected chi connectivity index (χ2v) is 6.23. The zero-order chi connectivity index (χ0) is 19.8. The van der Waals surface area contributed by atoms with E-state index in [0.29, 0.717) is 11.3 Å². The monoisotopic (exact) mass is 379 g/mol. The highest BCUT2D eigenvalue weighted by Gasteiger charge is 2.25. The van der Waals surface area contributed by atoms with Gasteiger partial charge in [-0.3, -0.25) is 9.20 Å². The van der Waals surface area contributed by atoms with Gasteiger partial charge in [0, 0.05) is 6.20 Å². The third kappa shape index (κ3) is 2.84. The van der Waals surface area contributed by atoms with Crippen LogP contribution in [0, 0.1) is 5.82 Å². The molecular formula is C20H16FN4O3+. The molecule has 4 aromatic rings. The predicted molar refractivity (Wildman–Crippen MR) is 100 cm³/mol. The van der Waals surface area contributed by atoms with Crippen molar-refractivity contribution in [1.82, 2.24) is 9.38 Å². The fraction of sp³-hybridized carbons (Fsp3) is 0.100. The lowest BCUT2D eigenvalue weighted by Crippen LogP contribution is -2.42. The lowest BCUT2D eigenvalue weighted by molar-refractivity contribution is -0.649. The number of carbonyl (C=O) groups is 1. The van der Waals surface area contributed by atoms with Gasteiger partial charge in [-0.25, -0.2) is 13.8 Å². The Labute approximate surface area is 158 Å². The minimum absolute atomic E-state index is 0.0619. The summed E-state index contributed by atoms with van der Waals surface area (Å²) in [5, 5.41) is 0.223. The molecule has 0 fully saturated rings. The Morgan fingerprint density at radius 1 is 1.25 bits per heavy atom. The van der Waals surface area contributed by atoms with Crippen molar-refractivity contribution in [2.75, 3.05) is 12.8 Å². The molecule has 2 N–H and O–H groups in total. The smallest absolute Gasteiger partial charge is 0.344 e. The predicted octanol–water partition coefficient (Wildman–Crippen LogP) is 1.69. The average molecular weight is 379 g/mol. The summed E-state index contributed by atoms with van der Waals surface area (Å²) < 4.78 is 21.0. The first-order valence-electron chi connectivity index (χ1n) is 8.46. The van der Waals surface area contributed by atoms with Crippen LogP contribution in [-0.4, -0.2) is 22.5 Å². The number of halogens is 1. The summed E-state index contributed by atoms with van der Waals surface area (Å²) in [6, 6.07) is 12.4. The van der Waals surface area contributed by atoms with E-state index < -0.39 is 5.97 Å². The van der Waals surface area contributed by atoms with Crippen LogP contribution in [0.5, 0.6) is 0 Å². The Morgan fingerprint density at radius 2 is 2.00 bits per heavy atom. The van der Waals surface area contributed by atoms with Crippen LogP contribution in [0.2, 0.25) is 0 Å². The molecule has 0 atom stereocenters. The molecule has 7 nitrogen and oxygen atoms in total. The van der Waals surface area contributed by atoms with E-state index in [1.54, 1.807) is 41.1 Å². The van der Waals surface area contributed by atoms with Crippen LogP contribution in [0.15, 0.2) is 59.5 Å². The van der Waals surface area contributed by atoms with Gasteiger partial charge >= 0.3 is 5.97 Å². The fourth-order valence-corrected chi connectivity index (χ4v) is 3.11. The molecule has 28 heavy (non-hydrogen) atoms.